The van der Waals surface area contributed by atoms with Crippen molar-refractivity contribution in [1.82, 2.24) is 5.43 Å². The number of carbonyl (C=O) groups is 1. The Morgan fingerprint density at radius 1 is 0.964 bits per heavy atom. The fourth-order valence-corrected chi connectivity index (χ4v) is 2.65. The van der Waals surface area contributed by atoms with E-state index in [1.165, 1.54) is 18.3 Å². The summed E-state index contributed by atoms with van der Waals surface area (Å²) in [5.74, 6) is -0.884. The molecular formula is C21H17N3O3S. The molecule has 0 heterocycles. The van der Waals surface area contributed by atoms with Crippen LogP contribution < -0.4 is 10.7 Å². The molecule has 6 nitrogen and oxygen atoms in total. The Morgan fingerprint density at radius 2 is 1.68 bits per heavy atom. The van der Waals surface area contributed by atoms with Gasteiger partial charge in [-0.05, 0) is 59.7 Å². The second-order valence-electron chi connectivity index (χ2n) is 5.85. The predicted molar refractivity (Wildman–Crippen MR) is 114 cm³/mol. The molecule has 0 aliphatic heterocycles. The van der Waals surface area contributed by atoms with Crippen LogP contribution in [0.4, 0.5) is 5.69 Å². The van der Waals surface area contributed by atoms with Gasteiger partial charge in [0.2, 0.25) is 0 Å². The predicted octanol–water partition coefficient (Wildman–Crippen LogP) is 4.08. The summed E-state index contributed by atoms with van der Waals surface area (Å²) in [6.45, 7) is 0. The SMILES string of the molecule is O=C(O)c1ccc(NC(=S)NN=Cc2ccc(-c3ccccc3)cc2O)cc1. The maximum atomic E-state index is 10.8. The molecule has 0 spiro atoms. The summed E-state index contributed by atoms with van der Waals surface area (Å²) >= 11 is 5.14. The second-order valence-corrected chi connectivity index (χ2v) is 6.25. The zero-order chi connectivity index (χ0) is 19.9. The van der Waals surface area contributed by atoms with E-state index in [2.05, 4.69) is 15.8 Å². The monoisotopic (exact) mass is 391 g/mol. The van der Waals surface area contributed by atoms with E-state index in [9.17, 15) is 9.90 Å². The minimum Gasteiger partial charge on any atom is -0.507 e. The van der Waals surface area contributed by atoms with E-state index in [1.807, 2.05) is 36.4 Å². The summed E-state index contributed by atoms with van der Waals surface area (Å²) in [4.78, 5) is 10.8. The quantitative estimate of drug-likeness (QED) is 0.297. The molecule has 0 aliphatic rings. The summed E-state index contributed by atoms with van der Waals surface area (Å²) in [6.07, 6.45) is 1.46. The number of anilines is 1. The smallest absolute Gasteiger partial charge is 0.335 e. The Balaban J connectivity index is 1.59. The minimum atomic E-state index is -0.991. The molecule has 28 heavy (non-hydrogen) atoms. The number of carboxylic acids is 1. The lowest BCUT2D eigenvalue weighted by atomic mass is 10.0. The van der Waals surface area contributed by atoms with Crippen LogP contribution in [0.5, 0.6) is 5.75 Å². The Kier molecular flexibility index (Phi) is 5.98. The van der Waals surface area contributed by atoms with Crippen LogP contribution in [0.15, 0.2) is 77.9 Å². The number of aromatic hydroxyl groups is 1. The zero-order valence-corrected chi connectivity index (χ0v) is 15.5. The van der Waals surface area contributed by atoms with Crippen molar-refractivity contribution in [2.24, 2.45) is 5.10 Å². The number of phenols is 1. The number of nitrogens with zero attached hydrogens (tertiary/aromatic N) is 1. The van der Waals surface area contributed by atoms with Crippen LogP contribution in [0.1, 0.15) is 15.9 Å². The Labute approximate surface area is 167 Å². The summed E-state index contributed by atoms with van der Waals surface area (Å²) < 4.78 is 0. The van der Waals surface area contributed by atoms with Gasteiger partial charge in [-0.2, -0.15) is 5.10 Å². The number of hydrogen-bond donors (Lipinski definition) is 4. The third-order valence-electron chi connectivity index (χ3n) is 3.90. The van der Waals surface area contributed by atoms with E-state index in [0.717, 1.165) is 11.1 Å². The first-order valence-electron chi connectivity index (χ1n) is 8.35. The van der Waals surface area contributed by atoms with E-state index in [0.29, 0.717) is 11.3 Å². The Bertz CT molecular complexity index is 1020. The second kappa shape index (κ2) is 8.79. The van der Waals surface area contributed by atoms with Gasteiger partial charge in [-0.15, -0.1) is 0 Å². The number of hydrogen-bond acceptors (Lipinski definition) is 4. The van der Waals surface area contributed by atoms with Gasteiger partial charge in [-0.1, -0.05) is 36.4 Å². The zero-order valence-electron chi connectivity index (χ0n) is 14.7. The summed E-state index contributed by atoms with van der Waals surface area (Å²) in [6, 6.07) is 21.3. The number of phenolic OH excluding ortho intramolecular Hbond substituents is 1. The highest BCUT2D eigenvalue weighted by Gasteiger charge is 2.04. The molecule has 3 aromatic carbocycles. The third-order valence-corrected chi connectivity index (χ3v) is 4.09. The largest absolute Gasteiger partial charge is 0.507 e. The lowest BCUT2D eigenvalue weighted by Gasteiger charge is -2.07. The van der Waals surface area contributed by atoms with Crippen LogP contribution in [0, 0.1) is 0 Å². The van der Waals surface area contributed by atoms with Crippen molar-refractivity contribution in [2.75, 3.05) is 5.32 Å². The standard InChI is InChI=1S/C21H17N3O3S/c25-19-12-16(14-4-2-1-3-5-14)6-7-17(19)13-22-24-21(28)23-18-10-8-15(9-11-18)20(26)27/h1-13,25H,(H,26,27)(H2,23,24,28). The summed E-state index contributed by atoms with van der Waals surface area (Å²) in [7, 11) is 0. The number of rotatable bonds is 5. The number of carboxylic acid groups (broad SMARTS) is 1. The molecule has 0 amide bonds. The third kappa shape index (κ3) is 4.93. The van der Waals surface area contributed by atoms with Crippen LogP contribution in [0.2, 0.25) is 0 Å². The van der Waals surface area contributed by atoms with Gasteiger partial charge in [0, 0.05) is 11.3 Å². The molecule has 3 rings (SSSR count). The van der Waals surface area contributed by atoms with Gasteiger partial charge in [0.05, 0.1) is 11.8 Å². The van der Waals surface area contributed by atoms with Gasteiger partial charge in [0.15, 0.2) is 5.11 Å². The lowest BCUT2D eigenvalue weighted by Crippen LogP contribution is -2.23. The van der Waals surface area contributed by atoms with Crippen molar-refractivity contribution in [1.29, 1.82) is 0 Å². The first-order chi connectivity index (χ1) is 13.5. The molecule has 0 unspecified atom stereocenters. The van der Waals surface area contributed by atoms with Gasteiger partial charge in [-0.3, -0.25) is 5.43 Å². The first-order valence-corrected chi connectivity index (χ1v) is 8.75. The van der Waals surface area contributed by atoms with Crippen molar-refractivity contribution in [3.05, 3.63) is 83.9 Å². The normalized spacial score (nSPS) is 10.6. The molecule has 0 radical (unpaired) electrons. The molecular weight excluding hydrogens is 374 g/mol. The van der Waals surface area contributed by atoms with E-state index in [4.69, 9.17) is 17.3 Å². The topological polar surface area (TPSA) is 94.0 Å². The number of hydrazone groups is 1. The highest BCUT2D eigenvalue weighted by atomic mass is 32.1. The number of thiocarbonyl (C=S) groups is 1. The van der Waals surface area contributed by atoms with Crippen molar-refractivity contribution < 1.29 is 15.0 Å². The Hall–Kier alpha value is -3.71. The fourth-order valence-electron chi connectivity index (χ4n) is 2.48. The molecule has 7 heteroatoms. The number of aromatic carboxylic acids is 1. The highest BCUT2D eigenvalue weighted by Crippen LogP contribution is 2.25. The Morgan fingerprint density at radius 3 is 2.32 bits per heavy atom. The van der Waals surface area contributed by atoms with Crippen LogP contribution in [-0.2, 0) is 0 Å². The van der Waals surface area contributed by atoms with Gasteiger partial charge >= 0.3 is 5.97 Å². The molecule has 0 saturated heterocycles. The molecule has 4 N–H and O–H groups in total. The maximum absolute atomic E-state index is 10.8. The molecule has 0 aromatic heterocycles. The summed E-state index contributed by atoms with van der Waals surface area (Å²) in [5, 5.41) is 26.2. The number of nitrogens with one attached hydrogen (secondary N) is 2. The molecule has 0 aliphatic carbocycles. The van der Waals surface area contributed by atoms with E-state index >= 15 is 0 Å². The van der Waals surface area contributed by atoms with Crippen LogP contribution >= 0.6 is 12.2 Å². The maximum Gasteiger partial charge on any atom is 0.335 e. The van der Waals surface area contributed by atoms with E-state index in [1.54, 1.807) is 24.3 Å². The lowest BCUT2D eigenvalue weighted by molar-refractivity contribution is 0.0697. The van der Waals surface area contributed by atoms with E-state index < -0.39 is 5.97 Å². The van der Waals surface area contributed by atoms with Gasteiger partial charge in [0.25, 0.3) is 0 Å². The van der Waals surface area contributed by atoms with Crippen LogP contribution in [0.3, 0.4) is 0 Å². The van der Waals surface area contributed by atoms with Crippen molar-refractivity contribution in [2.45, 2.75) is 0 Å². The molecule has 0 atom stereocenters. The van der Waals surface area contributed by atoms with Gasteiger partial charge in [-0.25, -0.2) is 4.79 Å². The molecule has 3 aromatic rings. The van der Waals surface area contributed by atoms with Crippen LogP contribution in [-0.4, -0.2) is 27.5 Å². The molecule has 0 fully saturated rings. The highest BCUT2D eigenvalue weighted by molar-refractivity contribution is 7.80. The van der Waals surface area contributed by atoms with Gasteiger partial charge in [0.1, 0.15) is 5.75 Å². The minimum absolute atomic E-state index is 0.107. The fraction of sp³-hybridized carbons (Fsp3) is 0. The van der Waals surface area contributed by atoms with Gasteiger partial charge < -0.3 is 15.5 Å². The average Bonchev–Trinajstić information content (AvgIpc) is 2.70. The number of benzene rings is 3. The van der Waals surface area contributed by atoms with Crippen molar-refractivity contribution >= 4 is 35.2 Å². The molecule has 0 saturated carbocycles. The first kappa shape index (κ1) is 19.1. The average molecular weight is 391 g/mol. The van der Waals surface area contributed by atoms with Crippen LogP contribution in [0.25, 0.3) is 11.1 Å². The molecule has 140 valence electrons. The van der Waals surface area contributed by atoms with Crippen molar-refractivity contribution in [3.8, 4) is 16.9 Å². The molecule has 0 bridgehead atoms. The van der Waals surface area contributed by atoms with Crippen molar-refractivity contribution in [3.63, 3.8) is 0 Å². The summed E-state index contributed by atoms with van der Waals surface area (Å²) in [5.41, 5.74) is 5.94. The van der Waals surface area contributed by atoms with E-state index in [-0.39, 0.29) is 16.4 Å².